The molecule has 0 saturated heterocycles. The number of allylic oxidation sites excluding steroid dienone is 2. The van der Waals surface area contributed by atoms with Crippen molar-refractivity contribution in [3.05, 3.63) is 63.3 Å². The molecule has 0 aliphatic carbocycles. The lowest BCUT2D eigenvalue weighted by Crippen LogP contribution is -2.16. The highest BCUT2D eigenvalue weighted by molar-refractivity contribution is 7.80. The smallest absolute Gasteiger partial charge is 0.211 e. The predicted molar refractivity (Wildman–Crippen MR) is 112 cm³/mol. The second-order valence-corrected chi connectivity index (χ2v) is 7.08. The number of thiol groups is 1. The van der Waals surface area contributed by atoms with Crippen LogP contribution in [0.2, 0.25) is 5.02 Å². The van der Waals surface area contributed by atoms with Gasteiger partial charge in [-0.25, -0.2) is 8.78 Å². The molecular weight excluding hydrogens is 404 g/mol. The number of rotatable bonds is 7. The number of carbonyl (C=O) groups is 1. The van der Waals surface area contributed by atoms with Crippen LogP contribution in [0.4, 0.5) is 14.5 Å². The minimum absolute atomic E-state index is 0.111. The van der Waals surface area contributed by atoms with Crippen molar-refractivity contribution in [2.45, 2.75) is 31.1 Å². The molecule has 0 spiro atoms. The Morgan fingerprint density at radius 1 is 1.32 bits per heavy atom. The minimum Gasteiger partial charge on any atom is -0.398 e. The third-order valence-electron chi connectivity index (χ3n) is 4.50. The van der Waals surface area contributed by atoms with Crippen LogP contribution in [0.5, 0.6) is 0 Å². The Morgan fingerprint density at radius 3 is 2.57 bits per heavy atom. The SMILES string of the molecule is CCC(/C(=C(/C)NC=O)c1cc(C=N)c(N)cc1F)c1cc(S)c(Cl)cc1F. The molecule has 0 aliphatic heterocycles. The van der Waals surface area contributed by atoms with Gasteiger partial charge < -0.3 is 16.5 Å². The summed E-state index contributed by atoms with van der Waals surface area (Å²) >= 11 is 10.2. The lowest BCUT2D eigenvalue weighted by molar-refractivity contribution is -0.108. The van der Waals surface area contributed by atoms with Crippen LogP contribution in [-0.4, -0.2) is 12.6 Å². The summed E-state index contributed by atoms with van der Waals surface area (Å²) in [6, 6.07) is 5.18. The van der Waals surface area contributed by atoms with E-state index >= 15 is 0 Å². The molecule has 1 unspecified atom stereocenters. The Kier molecular flexibility index (Phi) is 7.21. The number of anilines is 1. The molecule has 0 aromatic heterocycles. The van der Waals surface area contributed by atoms with Gasteiger partial charge in [-0.2, -0.15) is 0 Å². The van der Waals surface area contributed by atoms with Crippen molar-refractivity contribution in [3.8, 4) is 0 Å². The number of nitrogens with one attached hydrogen (secondary N) is 2. The summed E-state index contributed by atoms with van der Waals surface area (Å²) in [5.41, 5.74) is 7.31. The van der Waals surface area contributed by atoms with E-state index in [-0.39, 0.29) is 21.8 Å². The van der Waals surface area contributed by atoms with Crippen LogP contribution in [0.1, 0.15) is 42.9 Å². The zero-order chi connectivity index (χ0) is 21.0. The van der Waals surface area contributed by atoms with Crippen molar-refractivity contribution in [2.24, 2.45) is 0 Å². The van der Waals surface area contributed by atoms with Gasteiger partial charge in [0.1, 0.15) is 11.6 Å². The Balaban J connectivity index is 2.81. The standard InChI is InChI=1S/C20H20ClF2N3OS/c1-3-12(13-5-19(28)15(21)6-16(13)22)20(10(2)26-9-27)14-4-11(8-24)18(25)7-17(14)23/h4-9,12,24,28H,3,25H2,1-2H3,(H,26,27)/b20-10+,24-8?. The summed E-state index contributed by atoms with van der Waals surface area (Å²) < 4.78 is 29.6. The molecule has 148 valence electrons. The quantitative estimate of drug-likeness (QED) is 0.215. The maximum Gasteiger partial charge on any atom is 0.211 e. The first-order valence-corrected chi connectivity index (χ1v) is 9.26. The minimum atomic E-state index is -0.635. The molecule has 2 aromatic carbocycles. The molecule has 0 saturated carbocycles. The van der Waals surface area contributed by atoms with E-state index in [2.05, 4.69) is 17.9 Å². The molecule has 0 fully saturated rings. The van der Waals surface area contributed by atoms with Crippen LogP contribution in [-0.2, 0) is 4.79 Å². The van der Waals surface area contributed by atoms with E-state index in [1.165, 1.54) is 12.1 Å². The molecule has 0 bridgehead atoms. The molecule has 1 amide bonds. The number of carbonyl (C=O) groups excluding carboxylic acids is 1. The summed E-state index contributed by atoms with van der Waals surface area (Å²) in [7, 11) is 0. The number of halogens is 3. The first-order chi connectivity index (χ1) is 13.2. The molecule has 2 rings (SSSR count). The largest absolute Gasteiger partial charge is 0.398 e. The highest BCUT2D eigenvalue weighted by Gasteiger charge is 2.26. The van der Waals surface area contributed by atoms with E-state index in [4.69, 9.17) is 22.7 Å². The van der Waals surface area contributed by atoms with E-state index < -0.39 is 17.6 Å². The van der Waals surface area contributed by atoms with Gasteiger partial charge in [-0.05, 0) is 48.7 Å². The molecule has 2 aromatic rings. The summed E-state index contributed by atoms with van der Waals surface area (Å²) in [6.45, 7) is 3.42. The summed E-state index contributed by atoms with van der Waals surface area (Å²) in [5, 5.41) is 10.2. The van der Waals surface area contributed by atoms with Crippen molar-refractivity contribution in [3.63, 3.8) is 0 Å². The molecule has 28 heavy (non-hydrogen) atoms. The van der Waals surface area contributed by atoms with Gasteiger partial charge in [-0.1, -0.05) is 18.5 Å². The molecule has 0 radical (unpaired) electrons. The summed E-state index contributed by atoms with van der Waals surface area (Å²) in [6.07, 6.45) is 1.88. The van der Waals surface area contributed by atoms with E-state index in [0.717, 1.165) is 18.3 Å². The average Bonchev–Trinajstić information content (AvgIpc) is 2.64. The number of nitrogens with two attached hydrogens (primary N) is 1. The summed E-state index contributed by atoms with van der Waals surface area (Å²) in [4.78, 5) is 11.4. The lowest BCUT2D eigenvalue weighted by atomic mass is 9.82. The fourth-order valence-corrected chi connectivity index (χ4v) is 3.51. The first-order valence-electron chi connectivity index (χ1n) is 8.43. The number of hydrogen-bond acceptors (Lipinski definition) is 4. The van der Waals surface area contributed by atoms with Gasteiger partial charge in [-0.15, -0.1) is 12.6 Å². The van der Waals surface area contributed by atoms with Gasteiger partial charge in [0.25, 0.3) is 0 Å². The van der Waals surface area contributed by atoms with Crippen molar-refractivity contribution in [1.29, 1.82) is 5.41 Å². The van der Waals surface area contributed by atoms with Gasteiger partial charge in [0.2, 0.25) is 6.41 Å². The summed E-state index contributed by atoms with van der Waals surface area (Å²) in [5.74, 6) is -1.80. The van der Waals surface area contributed by atoms with Crippen LogP contribution in [0.25, 0.3) is 5.57 Å². The number of nitrogen functional groups attached to an aromatic ring is 1. The maximum absolute atomic E-state index is 14.8. The molecule has 8 heteroatoms. The monoisotopic (exact) mass is 423 g/mol. The second kappa shape index (κ2) is 9.21. The van der Waals surface area contributed by atoms with Gasteiger partial charge in [0.15, 0.2) is 0 Å². The first kappa shape index (κ1) is 21.9. The van der Waals surface area contributed by atoms with Crippen LogP contribution in [0, 0.1) is 17.0 Å². The van der Waals surface area contributed by atoms with Crippen molar-refractivity contribution >= 4 is 48.1 Å². The third-order valence-corrected chi connectivity index (χ3v) is 5.31. The van der Waals surface area contributed by atoms with Crippen molar-refractivity contribution in [1.82, 2.24) is 5.32 Å². The Morgan fingerprint density at radius 2 is 2.00 bits per heavy atom. The van der Waals surface area contributed by atoms with Crippen LogP contribution < -0.4 is 11.1 Å². The number of hydrogen-bond donors (Lipinski definition) is 4. The van der Waals surface area contributed by atoms with Gasteiger partial charge in [0.05, 0.1) is 5.02 Å². The third kappa shape index (κ3) is 4.36. The number of benzene rings is 2. The van der Waals surface area contributed by atoms with Gasteiger partial charge >= 0.3 is 0 Å². The lowest BCUT2D eigenvalue weighted by Gasteiger charge is -2.24. The normalized spacial score (nSPS) is 12.9. The van der Waals surface area contributed by atoms with E-state index in [1.807, 2.05) is 6.92 Å². The Hall–Kier alpha value is -2.38. The molecule has 0 heterocycles. The van der Waals surface area contributed by atoms with Crippen molar-refractivity contribution < 1.29 is 13.6 Å². The van der Waals surface area contributed by atoms with E-state index in [1.54, 1.807) is 6.92 Å². The van der Waals surface area contributed by atoms with Gasteiger partial charge in [-0.3, -0.25) is 4.79 Å². The molecule has 4 N–H and O–H groups in total. The Labute approximate surface area is 172 Å². The topological polar surface area (TPSA) is 79.0 Å². The molecule has 1 atom stereocenters. The molecule has 0 aliphatic rings. The fraction of sp³-hybridized carbons (Fsp3) is 0.200. The molecule has 4 nitrogen and oxygen atoms in total. The molecular formula is C20H20ClF2N3OS. The van der Waals surface area contributed by atoms with Gasteiger partial charge in [0, 0.05) is 39.5 Å². The second-order valence-electron chi connectivity index (χ2n) is 6.19. The fourth-order valence-electron chi connectivity index (χ4n) is 3.15. The predicted octanol–water partition coefficient (Wildman–Crippen LogP) is 5.16. The zero-order valence-electron chi connectivity index (χ0n) is 15.3. The van der Waals surface area contributed by atoms with Crippen LogP contribution >= 0.6 is 24.2 Å². The van der Waals surface area contributed by atoms with Crippen LogP contribution in [0.3, 0.4) is 0 Å². The van der Waals surface area contributed by atoms with E-state index in [0.29, 0.717) is 34.6 Å². The maximum atomic E-state index is 14.8. The Bertz CT molecular complexity index is 963. The van der Waals surface area contributed by atoms with E-state index in [9.17, 15) is 13.6 Å². The number of amides is 1. The average molecular weight is 424 g/mol. The highest BCUT2D eigenvalue weighted by atomic mass is 35.5. The van der Waals surface area contributed by atoms with Crippen LogP contribution in [0.15, 0.2) is 34.9 Å². The zero-order valence-corrected chi connectivity index (χ0v) is 17.0. The highest BCUT2D eigenvalue weighted by Crippen LogP contribution is 2.41. The van der Waals surface area contributed by atoms with Crippen molar-refractivity contribution in [2.75, 3.05) is 5.73 Å².